The smallest absolute Gasteiger partial charge is 0.377 e. The molecule has 0 spiro atoms. The van der Waals surface area contributed by atoms with E-state index in [4.69, 9.17) is 4.74 Å². The van der Waals surface area contributed by atoms with Crippen molar-refractivity contribution in [3.8, 4) is 0 Å². The minimum absolute atomic E-state index is 0.343. The fourth-order valence-electron chi connectivity index (χ4n) is 2.58. The highest BCUT2D eigenvalue weighted by atomic mass is 19.4. The van der Waals surface area contributed by atoms with Crippen LogP contribution in [0.15, 0.2) is 12.7 Å². The third-order valence-corrected chi connectivity index (χ3v) is 4.02. The van der Waals surface area contributed by atoms with Gasteiger partial charge in [0.25, 0.3) is 0 Å². The van der Waals surface area contributed by atoms with Crippen molar-refractivity contribution in [2.75, 3.05) is 26.7 Å². The molecule has 1 N–H and O–H groups in total. The first-order valence-corrected chi connectivity index (χ1v) is 7.24. The first-order valence-electron chi connectivity index (χ1n) is 7.24. The Hall–Kier alpha value is -1.84. The van der Waals surface area contributed by atoms with Gasteiger partial charge in [0.05, 0.1) is 18.7 Å². The molecule has 23 heavy (non-hydrogen) atoms. The quantitative estimate of drug-likeness (QED) is 0.907. The number of carbonyl (C=O) groups excluding carboxylic acids is 1. The average molecular weight is 335 g/mol. The second-order valence-corrected chi connectivity index (χ2v) is 5.80. The molecule has 0 aromatic carbocycles. The van der Waals surface area contributed by atoms with Gasteiger partial charge in [-0.05, 0) is 19.8 Å². The van der Waals surface area contributed by atoms with Gasteiger partial charge in [-0.3, -0.25) is 0 Å². The predicted molar refractivity (Wildman–Crippen MR) is 74.7 cm³/mol. The molecule has 1 aliphatic heterocycles. The van der Waals surface area contributed by atoms with Gasteiger partial charge in [0.15, 0.2) is 6.04 Å². The molecule has 10 heteroatoms. The molecule has 1 fully saturated rings. The maximum atomic E-state index is 13.1. The normalized spacial score (nSPS) is 23.6. The number of piperidine rings is 1. The van der Waals surface area contributed by atoms with E-state index in [1.165, 1.54) is 4.90 Å². The Morgan fingerprint density at radius 1 is 1.52 bits per heavy atom. The summed E-state index contributed by atoms with van der Waals surface area (Å²) in [5.74, 6) is 0. The summed E-state index contributed by atoms with van der Waals surface area (Å²) >= 11 is 0. The lowest BCUT2D eigenvalue weighted by Crippen LogP contribution is -2.53. The van der Waals surface area contributed by atoms with Crippen LogP contribution in [0.5, 0.6) is 0 Å². The van der Waals surface area contributed by atoms with Crippen LogP contribution < -0.4 is 5.32 Å². The van der Waals surface area contributed by atoms with E-state index in [9.17, 15) is 18.0 Å². The number of aromatic nitrogens is 3. The largest absolute Gasteiger partial charge is 0.412 e. The predicted octanol–water partition coefficient (Wildman–Crippen LogP) is 1.59. The highest BCUT2D eigenvalue weighted by molar-refractivity contribution is 5.74. The van der Waals surface area contributed by atoms with Gasteiger partial charge in [0, 0.05) is 13.7 Å². The fraction of sp³-hybridized carbons (Fsp3) is 0.769. The molecule has 1 aliphatic rings. The zero-order valence-electron chi connectivity index (χ0n) is 13.0. The third kappa shape index (κ3) is 4.34. The maximum absolute atomic E-state index is 13.1. The number of halogens is 3. The number of likely N-dealkylation sites (tertiary alicyclic amines) is 1. The first kappa shape index (κ1) is 17.5. The van der Waals surface area contributed by atoms with Gasteiger partial charge in [-0.2, -0.15) is 18.3 Å². The summed E-state index contributed by atoms with van der Waals surface area (Å²) in [6, 6.07) is -2.49. The summed E-state index contributed by atoms with van der Waals surface area (Å²) in [5.41, 5.74) is -0.467. The van der Waals surface area contributed by atoms with Crippen LogP contribution in [0.4, 0.5) is 18.0 Å². The number of carbonyl (C=O) groups is 1. The maximum Gasteiger partial charge on any atom is 0.412 e. The van der Waals surface area contributed by atoms with Crippen molar-refractivity contribution in [2.45, 2.75) is 37.6 Å². The van der Waals surface area contributed by atoms with Gasteiger partial charge in [-0.1, -0.05) is 0 Å². The van der Waals surface area contributed by atoms with Gasteiger partial charge in [-0.15, -0.1) is 0 Å². The molecule has 2 rings (SSSR count). The van der Waals surface area contributed by atoms with E-state index < -0.39 is 30.4 Å². The molecule has 1 aromatic rings. The van der Waals surface area contributed by atoms with E-state index in [0.29, 0.717) is 17.8 Å². The van der Waals surface area contributed by atoms with Crippen LogP contribution in [0.2, 0.25) is 0 Å². The molecule has 0 bridgehead atoms. The summed E-state index contributed by atoms with van der Waals surface area (Å²) in [6.45, 7) is 2.10. The van der Waals surface area contributed by atoms with E-state index >= 15 is 0 Å². The Kier molecular flexibility index (Phi) is 5.12. The van der Waals surface area contributed by atoms with Crippen molar-refractivity contribution in [1.29, 1.82) is 0 Å². The fourth-order valence-corrected chi connectivity index (χ4v) is 2.58. The molecule has 0 aliphatic carbocycles. The van der Waals surface area contributed by atoms with Crippen molar-refractivity contribution in [2.24, 2.45) is 0 Å². The van der Waals surface area contributed by atoms with Crippen LogP contribution >= 0.6 is 0 Å². The van der Waals surface area contributed by atoms with Crippen LogP contribution in [0.3, 0.4) is 0 Å². The number of nitrogens with zero attached hydrogens (tertiary/aromatic N) is 4. The number of nitrogens with one attached hydrogen (secondary N) is 1. The molecular formula is C13H20F3N5O2. The van der Waals surface area contributed by atoms with Gasteiger partial charge in [0.2, 0.25) is 0 Å². The number of ether oxygens (including phenoxy) is 1. The average Bonchev–Trinajstić information content (AvgIpc) is 3.00. The minimum Gasteiger partial charge on any atom is -0.377 e. The van der Waals surface area contributed by atoms with Crippen LogP contribution in [-0.2, 0) is 4.74 Å². The Morgan fingerprint density at radius 2 is 2.26 bits per heavy atom. The number of methoxy groups -OCH3 is 1. The molecule has 130 valence electrons. The van der Waals surface area contributed by atoms with Gasteiger partial charge >= 0.3 is 12.2 Å². The number of hydrogen-bond acceptors (Lipinski definition) is 4. The summed E-state index contributed by atoms with van der Waals surface area (Å²) in [7, 11) is 1.56. The minimum atomic E-state index is -4.54. The Bertz CT molecular complexity index is 522. The number of hydrogen-bond donors (Lipinski definition) is 1. The highest BCUT2D eigenvalue weighted by Crippen LogP contribution is 2.29. The molecule has 1 aromatic heterocycles. The first-order chi connectivity index (χ1) is 10.7. The van der Waals surface area contributed by atoms with E-state index in [1.54, 1.807) is 7.11 Å². The van der Waals surface area contributed by atoms with Crippen molar-refractivity contribution in [3.05, 3.63) is 12.7 Å². The van der Waals surface area contributed by atoms with Crippen LogP contribution in [0.1, 0.15) is 25.8 Å². The van der Waals surface area contributed by atoms with Crippen LogP contribution in [0.25, 0.3) is 0 Å². The van der Waals surface area contributed by atoms with Crippen LogP contribution in [0, 0.1) is 0 Å². The summed E-state index contributed by atoms with van der Waals surface area (Å²) < 4.78 is 45.3. The Balaban J connectivity index is 1.97. The molecular weight excluding hydrogens is 315 g/mol. The summed E-state index contributed by atoms with van der Waals surface area (Å²) in [6.07, 6.45) is -0.993. The monoisotopic (exact) mass is 335 g/mol. The second-order valence-electron chi connectivity index (χ2n) is 5.80. The molecule has 2 heterocycles. The van der Waals surface area contributed by atoms with Gasteiger partial charge < -0.3 is 15.0 Å². The second kappa shape index (κ2) is 6.73. The number of amides is 2. The van der Waals surface area contributed by atoms with Crippen molar-refractivity contribution in [3.63, 3.8) is 0 Å². The number of alkyl halides is 3. The summed E-state index contributed by atoms with van der Waals surface area (Å²) in [5, 5.41) is 5.84. The van der Waals surface area contributed by atoms with Crippen molar-refractivity contribution < 1.29 is 22.7 Å². The topological polar surface area (TPSA) is 72.3 Å². The van der Waals surface area contributed by atoms with Crippen molar-refractivity contribution in [1.82, 2.24) is 25.0 Å². The van der Waals surface area contributed by atoms with E-state index in [1.807, 2.05) is 6.92 Å². The SMILES string of the molecule is COC1(C)CCCN(C(=O)NCC(n2cncn2)C(F)(F)F)C1. The van der Waals surface area contributed by atoms with E-state index in [0.717, 1.165) is 25.5 Å². The van der Waals surface area contributed by atoms with Gasteiger partial charge in [0.1, 0.15) is 12.7 Å². The summed E-state index contributed by atoms with van der Waals surface area (Å²) in [4.78, 5) is 17.1. The van der Waals surface area contributed by atoms with Crippen molar-refractivity contribution >= 4 is 6.03 Å². The zero-order chi connectivity index (χ0) is 17.1. The standard InChI is InChI=1S/C13H20F3N5O2/c1-12(23-2)4-3-5-20(7-12)11(22)18-6-10(13(14,15)16)21-9-17-8-19-21/h8-10H,3-7H2,1-2H3,(H,18,22). The number of urea groups is 1. The third-order valence-electron chi connectivity index (χ3n) is 4.02. The Labute approximate surface area is 131 Å². The lowest BCUT2D eigenvalue weighted by Gasteiger charge is -2.39. The zero-order valence-corrected chi connectivity index (χ0v) is 13.0. The number of rotatable bonds is 4. The molecule has 2 amide bonds. The molecule has 0 saturated carbocycles. The molecule has 1 saturated heterocycles. The molecule has 2 unspecified atom stereocenters. The van der Waals surface area contributed by atoms with Crippen LogP contribution in [-0.4, -0.2) is 64.2 Å². The van der Waals surface area contributed by atoms with E-state index in [-0.39, 0.29) is 0 Å². The Morgan fingerprint density at radius 3 is 2.83 bits per heavy atom. The molecule has 7 nitrogen and oxygen atoms in total. The lowest BCUT2D eigenvalue weighted by molar-refractivity contribution is -0.168. The molecule has 2 atom stereocenters. The van der Waals surface area contributed by atoms with E-state index in [2.05, 4.69) is 15.4 Å². The highest BCUT2D eigenvalue weighted by Gasteiger charge is 2.42. The lowest BCUT2D eigenvalue weighted by atomic mass is 9.95. The van der Waals surface area contributed by atoms with Gasteiger partial charge in [-0.25, -0.2) is 14.5 Å². The molecule has 0 radical (unpaired) electrons.